The molecule has 6 heteroatoms. The number of halogens is 2. The maximum absolute atomic E-state index is 13.9. The fourth-order valence-corrected chi connectivity index (χ4v) is 7.33. The van der Waals surface area contributed by atoms with Crippen LogP contribution in [0.3, 0.4) is 0 Å². The zero-order valence-electron chi connectivity index (χ0n) is 29.3. The molecule has 1 saturated heterocycles. The molecule has 0 unspecified atom stereocenters. The fraction of sp³-hybridized carbons (Fsp3) is 0.178. The fourth-order valence-electron chi connectivity index (χ4n) is 7.33. The van der Waals surface area contributed by atoms with Crippen LogP contribution in [0, 0.1) is 11.6 Å². The van der Waals surface area contributed by atoms with Gasteiger partial charge in [0.25, 0.3) is 0 Å². The Hall–Kier alpha value is -5.59. The minimum atomic E-state index is -0.272. The number of para-hydroxylation sites is 2. The number of carbonyl (C=O) groups excluding carboxylic acids is 1. The first-order valence-electron chi connectivity index (χ1n) is 17.5. The quantitative estimate of drug-likeness (QED) is 0.163. The molecule has 6 aromatic rings. The number of aromatic nitrogens is 2. The monoisotopic (exact) mass is 677 g/mol. The average Bonchev–Trinajstić information content (AvgIpc) is 3.63. The molecule has 0 spiro atoms. The van der Waals surface area contributed by atoms with Gasteiger partial charge in [-0.1, -0.05) is 85.0 Å². The molecule has 0 amide bonds. The van der Waals surface area contributed by atoms with E-state index in [2.05, 4.69) is 78.6 Å². The Morgan fingerprint density at radius 1 is 0.588 bits per heavy atom. The lowest BCUT2D eigenvalue weighted by atomic mass is 9.97. The summed E-state index contributed by atoms with van der Waals surface area (Å²) in [6.07, 6.45) is 11.8. The number of ketones is 1. The average molecular weight is 678 g/mol. The number of fused-ring (bicyclic) bond motifs is 2. The van der Waals surface area contributed by atoms with E-state index in [0.717, 1.165) is 55.4 Å². The second-order valence-corrected chi connectivity index (χ2v) is 13.5. The molecule has 3 heterocycles. The van der Waals surface area contributed by atoms with Gasteiger partial charge in [0.15, 0.2) is 5.78 Å². The summed E-state index contributed by atoms with van der Waals surface area (Å²) >= 11 is 0. The minimum absolute atomic E-state index is 0.00868. The van der Waals surface area contributed by atoms with Crippen LogP contribution in [0.4, 0.5) is 8.78 Å². The van der Waals surface area contributed by atoms with E-state index in [0.29, 0.717) is 24.2 Å². The van der Waals surface area contributed by atoms with E-state index >= 15 is 0 Å². The Balaban J connectivity index is 1.23. The molecule has 7 rings (SSSR count). The van der Waals surface area contributed by atoms with Crippen LogP contribution in [-0.2, 0) is 4.79 Å². The van der Waals surface area contributed by atoms with Crippen LogP contribution in [0.1, 0.15) is 51.2 Å². The van der Waals surface area contributed by atoms with Crippen molar-refractivity contribution >= 4 is 39.7 Å². The number of hydrogen-bond acceptors (Lipinski definition) is 2. The number of rotatable bonds is 8. The maximum Gasteiger partial charge on any atom is 0.187 e. The molecular formula is C45H41F2N3O. The SMILES string of the molecule is CC(C)n1c(C=CC=C2CNCC(=CC=Cc3c(-c4ccc(F)cc4)c4ccccc4n3C(C)C)C2=O)c(-c2ccc(F)cc2)c2ccccc21. The molecule has 1 aliphatic rings. The van der Waals surface area contributed by atoms with Crippen molar-refractivity contribution in [3.63, 3.8) is 0 Å². The molecule has 1 fully saturated rings. The third-order valence-corrected chi connectivity index (χ3v) is 9.51. The van der Waals surface area contributed by atoms with Crippen LogP contribution in [-0.4, -0.2) is 28.0 Å². The highest BCUT2D eigenvalue weighted by Crippen LogP contribution is 2.39. The summed E-state index contributed by atoms with van der Waals surface area (Å²) in [5, 5.41) is 5.58. The molecule has 4 nitrogen and oxygen atoms in total. The van der Waals surface area contributed by atoms with Crippen LogP contribution < -0.4 is 5.32 Å². The first-order chi connectivity index (χ1) is 24.7. The second kappa shape index (κ2) is 14.3. The Morgan fingerprint density at radius 2 is 0.980 bits per heavy atom. The summed E-state index contributed by atoms with van der Waals surface area (Å²) in [5.41, 5.74) is 9.50. The second-order valence-electron chi connectivity index (χ2n) is 13.5. The van der Waals surface area contributed by atoms with Gasteiger partial charge in [0.2, 0.25) is 0 Å². The molecule has 1 N–H and O–H groups in total. The van der Waals surface area contributed by atoms with E-state index in [4.69, 9.17) is 0 Å². The zero-order chi connectivity index (χ0) is 35.6. The predicted molar refractivity (Wildman–Crippen MR) is 208 cm³/mol. The van der Waals surface area contributed by atoms with Crippen molar-refractivity contribution in [1.82, 2.24) is 14.5 Å². The predicted octanol–water partition coefficient (Wildman–Crippen LogP) is 11.1. The first-order valence-corrected chi connectivity index (χ1v) is 17.5. The Kier molecular flexibility index (Phi) is 9.52. The molecule has 256 valence electrons. The number of carbonyl (C=O) groups is 1. The van der Waals surface area contributed by atoms with Gasteiger partial charge in [-0.25, -0.2) is 8.78 Å². The highest BCUT2D eigenvalue weighted by Gasteiger charge is 2.22. The van der Waals surface area contributed by atoms with Crippen LogP contribution in [0.2, 0.25) is 0 Å². The number of allylic oxidation sites excluding steroid dienone is 4. The summed E-state index contributed by atoms with van der Waals surface area (Å²) in [7, 11) is 0. The van der Waals surface area contributed by atoms with Crippen molar-refractivity contribution in [1.29, 1.82) is 0 Å². The van der Waals surface area contributed by atoms with Gasteiger partial charge < -0.3 is 14.5 Å². The van der Waals surface area contributed by atoms with Crippen molar-refractivity contribution < 1.29 is 13.6 Å². The number of hydrogen-bond donors (Lipinski definition) is 1. The smallest absolute Gasteiger partial charge is 0.187 e. The zero-order valence-corrected chi connectivity index (χ0v) is 29.3. The Labute approximate surface area is 297 Å². The number of piperidine rings is 1. The van der Waals surface area contributed by atoms with Crippen LogP contribution in [0.15, 0.2) is 133 Å². The van der Waals surface area contributed by atoms with Gasteiger partial charge in [-0.3, -0.25) is 4.79 Å². The molecule has 0 atom stereocenters. The lowest BCUT2D eigenvalue weighted by Gasteiger charge is -2.17. The summed E-state index contributed by atoms with van der Waals surface area (Å²) in [6, 6.07) is 30.1. The van der Waals surface area contributed by atoms with Crippen LogP contribution >= 0.6 is 0 Å². The third-order valence-electron chi connectivity index (χ3n) is 9.51. The molecule has 0 radical (unpaired) electrons. The topological polar surface area (TPSA) is 39.0 Å². The molecule has 0 aliphatic carbocycles. The standard InChI is InChI=1S/C45H41F2N3O/c1-29(2)49-39-15-7-5-13-37(39)43(31-19-23-35(46)24-20-31)41(49)17-9-11-33-27-48-28-34(45(33)51)12-10-18-42-44(32-21-25-36(47)26-22-32)38-14-6-8-16-40(38)50(42)30(3)4/h5-26,29-30,48H,27-28H2,1-4H3. The maximum atomic E-state index is 13.9. The number of Topliss-reactive ketones (excluding diaryl/α,β-unsaturated/α-hetero) is 1. The van der Waals surface area contributed by atoms with Crippen molar-refractivity contribution in [3.05, 3.63) is 156 Å². The summed E-state index contributed by atoms with van der Waals surface area (Å²) in [5.74, 6) is -0.536. The molecule has 0 bridgehead atoms. The Bertz CT molecular complexity index is 2200. The van der Waals surface area contributed by atoms with Gasteiger partial charge in [-0.15, -0.1) is 0 Å². The highest BCUT2D eigenvalue weighted by atomic mass is 19.1. The molecule has 2 aromatic heterocycles. The lowest BCUT2D eigenvalue weighted by Crippen LogP contribution is -2.32. The van der Waals surface area contributed by atoms with Crippen molar-refractivity contribution in [2.45, 2.75) is 39.8 Å². The number of nitrogens with one attached hydrogen (secondary N) is 1. The number of benzene rings is 4. The Morgan fingerprint density at radius 3 is 1.37 bits per heavy atom. The van der Waals surface area contributed by atoms with Crippen molar-refractivity contribution in [3.8, 4) is 22.3 Å². The molecule has 0 saturated carbocycles. The van der Waals surface area contributed by atoms with Gasteiger partial charge in [0.1, 0.15) is 11.6 Å². The molecule has 4 aromatic carbocycles. The third kappa shape index (κ3) is 6.55. The molecular weight excluding hydrogens is 637 g/mol. The van der Waals surface area contributed by atoms with Crippen LogP contribution in [0.25, 0.3) is 56.2 Å². The largest absolute Gasteiger partial charge is 0.338 e. The van der Waals surface area contributed by atoms with Gasteiger partial charge >= 0.3 is 0 Å². The van der Waals surface area contributed by atoms with Crippen molar-refractivity contribution in [2.24, 2.45) is 0 Å². The molecule has 1 aliphatic heterocycles. The van der Waals surface area contributed by atoms with Crippen molar-refractivity contribution in [2.75, 3.05) is 13.1 Å². The van der Waals surface area contributed by atoms with E-state index in [1.165, 1.54) is 24.3 Å². The first kappa shape index (κ1) is 33.9. The minimum Gasteiger partial charge on any atom is -0.338 e. The van der Waals surface area contributed by atoms with E-state index in [-0.39, 0.29) is 29.5 Å². The van der Waals surface area contributed by atoms with E-state index < -0.39 is 0 Å². The van der Waals surface area contributed by atoms with Gasteiger partial charge in [0.05, 0.1) is 0 Å². The number of nitrogens with zero attached hydrogens (tertiary/aromatic N) is 2. The molecule has 51 heavy (non-hydrogen) atoms. The van der Waals surface area contributed by atoms with Gasteiger partial charge in [-0.2, -0.15) is 0 Å². The lowest BCUT2D eigenvalue weighted by molar-refractivity contribution is -0.112. The van der Waals surface area contributed by atoms with E-state index in [1.807, 2.05) is 72.8 Å². The van der Waals surface area contributed by atoms with Gasteiger partial charge in [-0.05, 0) is 87.4 Å². The van der Waals surface area contributed by atoms with E-state index in [1.54, 1.807) is 0 Å². The van der Waals surface area contributed by atoms with Gasteiger partial charge in [0, 0.05) is 80.6 Å². The summed E-state index contributed by atoms with van der Waals surface area (Å²) in [4.78, 5) is 13.8. The normalized spacial score (nSPS) is 15.7. The van der Waals surface area contributed by atoms with E-state index in [9.17, 15) is 13.6 Å². The highest BCUT2D eigenvalue weighted by molar-refractivity contribution is 6.10. The van der Waals surface area contributed by atoms with Crippen LogP contribution in [0.5, 0.6) is 0 Å². The summed E-state index contributed by atoms with van der Waals surface area (Å²) in [6.45, 7) is 9.55. The summed E-state index contributed by atoms with van der Waals surface area (Å²) < 4.78 is 32.4.